The number of allylic oxidation sites excluding steroid dienone is 1. The largest absolute Gasteiger partial charge is 0.461 e. The molecule has 1 unspecified atom stereocenters. The number of hydrogen-bond donors (Lipinski definition) is 1. The van der Waals surface area contributed by atoms with Gasteiger partial charge in [-0.3, -0.25) is 0 Å². The number of carbonyl (C=O) groups is 1. The number of rotatable bonds is 4. The first-order valence-electron chi connectivity index (χ1n) is 9.90. The molecule has 29 heavy (non-hydrogen) atoms. The fourth-order valence-electron chi connectivity index (χ4n) is 3.69. The number of hydrogen-bond acceptors (Lipinski definition) is 7. The Morgan fingerprint density at radius 2 is 2.28 bits per heavy atom. The van der Waals surface area contributed by atoms with E-state index in [-0.39, 0.29) is 16.8 Å². The van der Waals surface area contributed by atoms with Crippen molar-refractivity contribution in [3.63, 3.8) is 0 Å². The Bertz CT molecular complexity index is 909. The minimum atomic E-state index is -0.494. The van der Waals surface area contributed by atoms with Crippen LogP contribution in [0.5, 0.6) is 0 Å². The number of ether oxygens (including phenoxy) is 1. The smallest absolute Gasteiger partial charge is 0.410 e. The number of nitrogens with two attached hydrogens (primary N) is 1. The number of fused-ring (bicyclic) bond motifs is 1. The van der Waals surface area contributed by atoms with Gasteiger partial charge in [0.05, 0.1) is 12.0 Å². The highest BCUT2D eigenvalue weighted by Gasteiger charge is 2.40. The molecule has 0 saturated carbocycles. The van der Waals surface area contributed by atoms with E-state index in [9.17, 15) is 4.79 Å². The lowest BCUT2D eigenvalue weighted by molar-refractivity contribution is -0.803. The third-order valence-corrected chi connectivity index (χ3v) is 5.02. The second kappa shape index (κ2) is 7.23. The Kier molecular flexibility index (Phi) is 4.87. The van der Waals surface area contributed by atoms with Crippen molar-refractivity contribution in [3.8, 4) is 0 Å². The van der Waals surface area contributed by atoms with Crippen LogP contribution < -0.4 is 5.84 Å². The van der Waals surface area contributed by atoms with Crippen molar-refractivity contribution in [2.24, 2.45) is 20.9 Å². The van der Waals surface area contributed by atoms with E-state index in [4.69, 9.17) is 15.0 Å². The number of amides is 1. The molecule has 0 aliphatic carbocycles. The number of quaternary nitrogens is 1. The normalized spacial score (nSPS) is 26.1. The van der Waals surface area contributed by atoms with E-state index in [1.54, 1.807) is 30.8 Å². The van der Waals surface area contributed by atoms with Crippen LogP contribution in [0.2, 0.25) is 0 Å². The van der Waals surface area contributed by atoms with Gasteiger partial charge in [0, 0.05) is 12.6 Å². The minimum absolute atomic E-state index is 0.142. The van der Waals surface area contributed by atoms with Gasteiger partial charge < -0.3 is 14.1 Å². The molecule has 9 nitrogen and oxygen atoms in total. The molecule has 1 amide bonds. The van der Waals surface area contributed by atoms with Gasteiger partial charge in [-0.25, -0.2) is 9.79 Å². The van der Waals surface area contributed by atoms with Gasteiger partial charge in [0.1, 0.15) is 11.8 Å². The van der Waals surface area contributed by atoms with Crippen LogP contribution in [0.25, 0.3) is 0 Å². The second-order valence-corrected chi connectivity index (χ2v) is 8.50. The van der Waals surface area contributed by atoms with Gasteiger partial charge in [-0.1, -0.05) is 0 Å². The SMILES string of the molecule is CC(C)(C)OC(=O)N1CCC[C@@H]1CCC1=C[N+]2(N)N=C(c3ccco3)N=C2C=N1. The van der Waals surface area contributed by atoms with Crippen LogP contribution in [-0.4, -0.2) is 51.8 Å². The Hall–Kier alpha value is -2.78. The van der Waals surface area contributed by atoms with E-state index in [0.29, 0.717) is 23.9 Å². The highest BCUT2D eigenvalue weighted by molar-refractivity contribution is 6.31. The summed E-state index contributed by atoms with van der Waals surface area (Å²) in [6, 6.07) is 3.72. The van der Waals surface area contributed by atoms with Crippen LogP contribution in [-0.2, 0) is 4.74 Å². The summed E-state index contributed by atoms with van der Waals surface area (Å²) in [6.07, 6.45) is 8.20. The monoisotopic (exact) mass is 399 g/mol. The predicted molar refractivity (Wildman–Crippen MR) is 109 cm³/mol. The summed E-state index contributed by atoms with van der Waals surface area (Å²) in [5, 5.41) is 4.48. The zero-order valence-electron chi connectivity index (χ0n) is 17.0. The first-order chi connectivity index (χ1) is 13.7. The number of carbonyl (C=O) groups excluding carboxylic acids is 1. The highest BCUT2D eigenvalue weighted by Crippen LogP contribution is 2.28. The molecule has 3 aliphatic heterocycles. The van der Waals surface area contributed by atoms with Crippen LogP contribution in [0.3, 0.4) is 0 Å². The van der Waals surface area contributed by atoms with Crippen molar-refractivity contribution in [1.29, 1.82) is 0 Å². The molecule has 1 saturated heterocycles. The maximum Gasteiger partial charge on any atom is 0.410 e. The molecule has 2 N–H and O–H groups in total. The molecule has 1 fully saturated rings. The Labute approximate surface area is 169 Å². The third-order valence-electron chi connectivity index (χ3n) is 5.02. The van der Waals surface area contributed by atoms with E-state index < -0.39 is 5.60 Å². The summed E-state index contributed by atoms with van der Waals surface area (Å²) in [4.78, 5) is 23.2. The Morgan fingerprint density at radius 1 is 1.45 bits per heavy atom. The molecule has 4 rings (SSSR count). The zero-order chi connectivity index (χ0) is 20.6. The molecular weight excluding hydrogens is 372 g/mol. The molecule has 0 bridgehead atoms. The second-order valence-electron chi connectivity index (χ2n) is 8.50. The zero-order valence-corrected chi connectivity index (χ0v) is 17.0. The van der Waals surface area contributed by atoms with Gasteiger partial charge in [0.25, 0.3) is 11.7 Å². The van der Waals surface area contributed by atoms with Gasteiger partial charge in [-0.05, 0) is 68.4 Å². The van der Waals surface area contributed by atoms with Crippen LogP contribution in [0.1, 0.15) is 52.2 Å². The summed E-state index contributed by atoms with van der Waals surface area (Å²) in [6.45, 7) is 6.38. The lowest BCUT2D eigenvalue weighted by Crippen LogP contribution is -2.50. The average Bonchev–Trinajstić information content (AvgIpc) is 3.36. The molecule has 0 aromatic carbocycles. The molecular formula is C20H27N6O3+. The molecule has 9 heteroatoms. The van der Waals surface area contributed by atoms with Crippen molar-refractivity contribution in [1.82, 2.24) is 4.90 Å². The first-order valence-corrected chi connectivity index (χ1v) is 9.90. The number of likely N-dealkylation sites (tertiary alicyclic amines) is 1. The fourth-order valence-corrected chi connectivity index (χ4v) is 3.69. The number of furan rings is 1. The number of aliphatic imine (C=N–C) groups is 2. The van der Waals surface area contributed by atoms with Gasteiger partial charge >= 0.3 is 6.09 Å². The average molecular weight is 399 g/mol. The molecule has 1 aromatic heterocycles. The molecule has 4 heterocycles. The van der Waals surface area contributed by atoms with Crippen molar-refractivity contribution in [2.45, 2.75) is 58.1 Å². The van der Waals surface area contributed by atoms with E-state index in [0.717, 1.165) is 31.5 Å². The molecule has 154 valence electrons. The quantitative estimate of drug-likeness (QED) is 0.620. The van der Waals surface area contributed by atoms with Crippen molar-refractivity contribution < 1.29 is 18.6 Å². The maximum atomic E-state index is 12.5. The van der Waals surface area contributed by atoms with Gasteiger partial charge in [-0.2, -0.15) is 4.99 Å². The van der Waals surface area contributed by atoms with Crippen LogP contribution in [0.15, 0.2) is 49.8 Å². The Balaban J connectivity index is 1.41. The third kappa shape index (κ3) is 4.15. The van der Waals surface area contributed by atoms with E-state index in [1.807, 2.05) is 25.7 Å². The van der Waals surface area contributed by atoms with Crippen molar-refractivity contribution >= 4 is 24.0 Å². The van der Waals surface area contributed by atoms with E-state index >= 15 is 0 Å². The standard InChI is InChI=1S/C20H27N6O3/c1-20(2,3)29-19(27)25-10-4-6-15(25)9-8-14-13-26(21)17(12-22-14)23-18(24-26)16-7-5-11-28-16/h5,7,11-13,15H,4,6,8-10,21H2,1-3H3/q+1/t15-,26?/m1/s1. The number of amidine groups is 2. The summed E-state index contributed by atoms with van der Waals surface area (Å²) in [5.41, 5.74) is 0.332. The van der Waals surface area contributed by atoms with Crippen molar-refractivity contribution in [2.75, 3.05) is 6.54 Å². The Morgan fingerprint density at radius 3 is 3.00 bits per heavy atom. The van der Waals surface area contributed by atoms with E-state index in [2.05, 4.69) is 15.1 Å². The molecule has 1 aromatic rings. The fraction of sp³-hybridized carbons (Fsp3) is 0.500. The first kappa shape index (κ1) is 19.5. The minimum Gasteiger partial charge on any atom is -0.461 e. The molecule has 2 atom stereocenters. The van der Waals surface area contributed by atoms with Gasteiger partial charge in [0.2, 0.25) is 0 Å². The number of nitrogens with zero attached hydrogens (tertiary/aromatic N) is 5. The lowest BCUT2D eigenvalue weighted by atomic mass is 10.1. The lowest BCUT2D eigenvalue weighted by Gasteiger charge is -2.28. The molecule has 0 radical (unpaired) electrons. The van der Waals surface area contributed by atoms with Crippen molar-refractivity contribution in [3.05, 3.63) is 36.1 Å². The predicted octanol–water partition coefficient (Wildman–Crippen LogP) is 3.15. The van der Waals surface area contributed by atoms with E-state index in [1.165, 1.54) is 0 Å². The van der Waals surface area contributed by atoms with Gasteiger partial charge in [0.15, 0.2) is 12.0 Å². The topological polar surface area (TPSA) is 106 Å². The highest BCUT2D eigenvalue weighted by atomic mass is 16.6. The molecule has 0 spiro atoms. The summed E-state index contributed by atoms with van der Waals surface area (Å²) in [7, 11) is 0. The summed E-state index contributed by atoms with van der Waals surface area (Å²) >= 11 is 0. The summed E-state index contributed by atoms with van der Waals surface area (Å²) < 4.78 is 10.6. The van der Waals surface area contributed by atoms with Crippen LogP contribution >= 0.6 is 0 Å². The van der Waals surface area contributed by atoms with Gasteiger partial charge in [-0.15, -0.1) is 5.84 Å². The summed E-state index contributed by atoms with van der Waals surface area (Å²) in [5.74, 6) is 7.96. The maximum absolute atomic E-state index is 12.5. The molecule has 3 aliphatic rings. The van der Waals surface area contributed by atoms with Crippen LogP contribution in [0.4, 0.5) is 4.79 Å². The van der Waals surface area contributed by atoms with Crippen LogP contribution in [0, 0.1) is 0 Å².